The molecule has 0 spiro atoms. The average Bonchev–Trinajstić information content (AvgIpc) is 3.35. The number of hydrogen-bond acceptors (Lipinski definition) is 4. The van der Waals surface area contributed by atoms with Gasteiger partial charge in [-0.3, -0.25) is 4.79 Å². The summed E-state index contributed by atoms with van der Waals surface area (Å²) in [5.41, 5.74) is 2.18. The minimum absolute atomic E-state index is 0.0737. The van der Waals surface area contributed by atoms with E-state index in [1.807, 2.05) is 18.2 Å². The molecule has 2 N–H and O–H groups in total. The molecule has 3 rings (SSSR count). The summed E-state index contributed by atoms with van der Waals surface area (Å²) < 4.78 is 0. The van der Waals surface area contributed by atoms with Gasteiger partial charge < -0.3 is 10.6 Å². The number of carbonyl (C=O) groups excluding carboxylic acids is 1. The zero-order valence-corrected chi connectivity index (χ0v) is 11.3. The van der Waals surface area contributed by atoms with Crippen LogP contribution in [0.4, 0.5) is 17.2 Å². The molecule has 1 aromatic heterocycles. The summed E-state index contributed by atoms with van der Waals surface area (Å²) in [6.07, 6.45) is 3.60. The van der Waals surface area contributed by atoms with Gasteiger partial charge in [-0.15, -0.1) is 0 Å². The lowest BCUT2D eigenvalue weighted by atomic mass is 10.2. The van der Waals surface area contributed by atoms with E-state index in [1.165, 1.54) is 0 Å². The minimum atomic E-state index is 0.0737. The van der Waals surface area contributed by atoms with Crippen molar-refractivity contribution in [1.29, 1.82) is 5.26 Å². The van der Waals surface area contributed by atoms with Crippen molar-refractivity contribution in [2.75, 3.05) is 10.6 Å². The monoisotopic (exact) mass is 278 g/mol. The van der Waals surface area contributed by atoms with E-state index < -0.39 is 0 Å². The lowest BCUT2D eigenvalue weighted by Crippen LogP contribution is -2.13. The highest BCUT2D eigenvalue weighted by Gasteiger charge is 2.29. The number of rotatable bonds is 4. The van der Waals surface area contributed by atoms with Gasteiger partial charge in [0, 0.05) is 11.6 Å². The summed E-state index contributed by atoms with van der Waals surface area (Å²) in [5.74, 6) is 0.940. The topological polar surface area (TPSA) is 77.8 Å². The van der Waals surface area contributed by atoms with Crippen LogP contribution in [0, 0.1) is 17.2 Å². The predicted octanol–water partition coefficient (Wildman–Crippen LogP) is 3.05. The Balaban J connectivity index is 1.63. The second-order valence-corrected chi connectivity index (χ2v) is 5.01. The van der Waals surface area contributed by atoms with Crippen molar-refractivity contribution in [1.82, 2.24) is 4.98 Å². The Kier molecular flexibility index (Phi) is 3.52. The number of hydrogen-bond donors (Lipinski definition) is 2. The van der Waals surface area contributed by atoms with Gasteiger partial charge in [0.05, 0.1) is 23.5 Å². The molecule has 1 amide bonds. The summed E-state index contributed by atoms with van der Waals surface area (Å²) in [6.45, 7) is 0. The van der Waals surface area contributed by atoms with E-state index in [1.54, 1.807) is 24.4 Å². The van der Waals surface area contributed by atoms with Gasteiger partial charge in [0.25, 0.3) is 0 Å². The van der Waals surface area contributed by atoms with Gasteiger partial charge in [-0.25, -0.2) is 4.98 Å². The van der Waals surface area contributed by atoms with Crippen molar-refractivity contribution < 1.29 is 4.79 Å². The van der Waals surface area contributed by atoms with Crippen LogP contribution in [0.1, 0.15) is 18.4 Å². The first kappa shape index (κ1) is 13.1. The Labute approximate surface area is 122 Å². The maximum Gasteiger partial charge on any atom is 0.227 e. The SMILES string of the molecule is N#Cc1ccc(Nc2ccc(NC(=O)C3CC3)cn2)cc1. The molecule has 5 nitrogen and oxygen atoms in total. The van der Waals surface area contributed by atoms with Crippen molar-refractivity contribution in [3.05, 3.63) is 48.2 Å². The molecule has 104 valence electrons. The highest BCUT2D eigenvalue weighted by Crippen LogP contribution is 2.30. The molecule has 1 aliphatic carbocycles. The first-order valence-corrected chi connectivity index (χ1v) is 6.79. The second-order valence-electron chi connectivity index (χ2n) is 5.01. The smallest absolute Gasteiger partial charge is 0.227 e. The molecule has 0 aliphatic heterocycles. The fourth-order valence-electron chi connectivity index (χ4n) is 1.91. The lowest BCUT2D eigenvalue weighted by molar-refractivity contribution is -0.117. The van der Waals surface area contributed by atoms with Crippen LogP contribution in [0.25, 0.3) is 0 Å². The number of nitrogens with one attached hydrogen (secondary N) is 2. The van der Waals surface area contributed by atoms with Gasteiger partial charge in [0.15, 0.2) is 0 Å². The van der Waals surface area contributed by atoms with Gasteiger partial charge in [-0.1, -0.05) is 0 Å². The summed E-state index contributed by atoms with van der Waals surface area (Å²) in [5, 5.41) is 14.7. The third kappa shape index (κ3) is 3.37. The number of benzene rings is 1. The molecule has 0 saturated heterocycles. The van der Waals surface area contributed by atoms with Crippen LogP contribution in [0.15, 0.2) is 42.6 Å². The molecular weight excluding hydrogens is 264 g/mol. The zero-order valence-electron chi connectivity index (χ0n) is 11.3. The van der Waals surface area contributed by atoms with Gasteiger partial charge in [-0.05, 0) is 49.2 Å². The molecule has 1 saturated carbocycles. The molecule has 0 bridgehead atoms. The highest BCUT2D eigenvalue weighted by atomic mass is 16.2. The molecule has 5 heteroatoms. The van der Waals surface area contributed by atoms with Crippen LogP contribution in [-0.4, -0.2) is 10.9 Å². The van der Waals surface area contributed by atoms with Gasteiger partial charge >= 0.3 is 0 Å². The maximum absolute atomic E-state index is 11.6. The molecule has 1 aliphatic rings. The summed E-state index contributed by atoms with van der Waals surface area (Å²) in [4.78, 5) is 15.9. The van der Waals surface area contributed by atoms with E-state index in [0.29, 0.717) is 17.1 Å². The third-order valence-corrected chi connectivity index (χ3v) is 3.27. The van der Waals surface area contributed by atoms with E-state index in [-0.39, 0.29) is 11.8 Å². The Morgan fingerprint density at radius 3 is 2.43 bits per heavy atom. The maximum atomic E-state index is 11.6. The van der Waals surface area contributed by atoms with Crippen molar-refractivity contribution >= 4 is 23.1 Å². The Morgan fingerprint density at radius 1 is 1.14 bits per heavy atom. The average molecular weight is 278 g/mol. The number of amides is 1. The van der Waals surface area contributed by atoms with E-state index in [0.717, 1.165) is 18.5 Å². The molecule has 1 heterocycles. The van der Waals surface area contributed by atoms with Gasteiger partial charge in [0.1, 0.15) is 5.82 Å². The number of pyridine rings is 1. The first-order chi connectivity index (χ1) is 10.2. The second kappa shape index (κ2) is 5.63. The molecule has 2 aromatic rings. The minimum Gasteiger partial charge on any atom is -0.340 e. The zero-order chi connectivity index (χ0) is 14.7. The van der Waals surface area contributed by atoms with E-state index in [9.17, 15) is 4.79 Å². The van der Waals surface area contributed by atoms with E-state index in [2.05, 4.69) is 21.7 Å². The van der Waals surface area contributed by atoms with Crippen LogP contribution in [0.3, 0.4) is 0 Å². The van der Waals surface area contributed by atoms with Crippen LogP contribution in [0.5, 0.6) is 0 Å². The summed E-state index contributed by atoms with van der Waals surface area (Å²) in [7, 11) is 0. The number of nitriles is 1. The largest absolute Gasteiger partial charge is 0.340 e. The number of carbonyl (C=O) groups is 1. The van der Waals surface area contributed by atoms with E-state index in [4.69, 9.17) is 5.26 Å². The van der Waals surface area contributed by atoms with Gasteiger partial charge in [0.2, 0.25) is 5.91 Å². The van der Waals surface area contributed by atoms with Crippen molar-refractivity contribution in [3.63, 3.8) is 0 Å². The third-order valence-electron chi connectivity index (χ3n) is 3.27. The standard InChI is InChI=1S/C16H14N4O/c17-9-11-1-5-13(6-2-11)19-15-8-7-14(10-18-15)20-16(21)12-3-4-12/h1-2,5-8,10,12H,3-4H2,(H,18,19)(H,20,21). The number of nitrogens with zero attached hydrogens (tertiary/aromatic N) is 2. The summed E-state index contributed by atoms with van der Waals surface area (Å²) >= 11 is 0. The van der Waals surface area contributed by atoms with Crippen molar-refractivity contribution in [2.24, 2.45) is 5.92 Å². The van der Waals surface area contributed by atoms with Crippen LogP contribution < -0.4 is 10.6 Å². The fourth-order valence-corrected chi connectivity index (χ4v) is 1.91. The molecule has 0 atom stereocenters. The quantitative estimate of drug-likeness (QED) is 0.901. The first-order valence-electron chi connectivity index (χ1n) is 6.79. The molecule has 1 fully saturated rings. The highest BCUT2D eigenvalue weighted by molar-refractivity contribution is 5.93. The molecule has 1 aromatic carbocycles. The van der Waals surface area contributed by atoms with E-state index >= 15 is 0 Å². The molecule has 0 unspecified atom stereocenters. The molecular formula is C16H14N4O. The lowest BCUT2D eigenvalue weighted by Gasteiger charge is -2.07. The summed E-state index contributed by atoms with van der Waals surface area (Å²) in [6, 6.07) is 12.8. The van der Waals surface area contributed by atoms with Crippen molar-refractivity contribution in [3.8, 4) is 6.07 Å². The molecule has 21 heavy (non-hydrogen) atoms. The fraction of sp³-hybridized carbons (Fsp3) is 0.188. The van der Waals surface area contributed by atoms with Crippen LogP contribution in [0.2, 0.25) is 0 Å². The predicted molar refractivity (Wildman–Crippen MR) is 80.0 cm³/mol. The Morgan fingerprint density at radius 2 is 1.86 bits per heavy atom. The number of aromatic nitrogens is 1. The van der Waals surface area contributed by atoms with Crippen LogP contribution >= 0.6 is 0 Å². The van der Waals surface area contributed by atoms with Crippen molar-refractivity contribution in [2.45, 2.75) is 12.8 Å². The molecule has 0 radical (unpaired) electrons. The Hall–Kier alpha value is -2.87. The normalized spacial score (nSPS) is 13.3. The number of anilines is 3. The Bertz CT molecular complexity index is 682. The van der Waals surface area contributed by atoms with Crippen LogP contribution in [-0.2, 0) is 4.79 Å². The van der Waals surface area contributed by atoms with Gasteiger partial charge in [-0.2, -0.15) is 5.26 Å².